The molecule has 6 rings (SSSR count). The number of morpholine rings is 1. The molecule has 32 heavy (non-hydrogen) atoms. The Bertz CT molecular complexity index is 1340. The van der Waals surface area contributed by atoms with Crippen LogP contribution in [0.3, 0.4) is 0 Å². The Morgan fingerprint density at radius 1 is 0.906 bits per heavy atom. The summed E-state index contributed by atoms with van der Waals surface area (Å²) in [6.45, 7) is 6.50. The molecular formula is C24H23N7O. The summed E-state index contributed by atoms with van der Waals surface area (Å²) in [5, 5.41) is 4.26. The van der Waals surface area contributed by atoms with Gasteiger partial charge >= 0.3 is 0 Å². The van der Waals surface area contributed by atoms with Crippen molar-refractivity contribution < 1.29 is 4.74 Å². The molecule has 0 unspecified atom stereocenters. The van der Waals surface area contributed by atoms with E-state index in [4.69, 9.17) is 9.73 Å². The standard InChI is InChI=1S/C24H23N7O/c1-15-10-30(11-16(2)32-15)23-8-21(26-13-27-23)24-20-7-17(3-4-18(20)9-25-24)19-5-6-22-28-14-29-31(22)12-19/h3-8,12-16H,9-11H2,1-2H3/t15-,16+. The molecule has 1 aromatic carbocycles. The predicted octanol–water partition coefficient (Wildman–Crippen LogP) is 3.15. The van der Waals surface area contributed by atoms with Crippen molar-refractivity contribution >= 4 is 17.2 Å². The maximum atomic E-state index is 5.87. The van der Waals surface area contributed by atoms with E-state index < -0.39 is 0 Å². The van der Waals surface area contributed by atoms with Gasteiger partial charge in [-0.15, -0.1) is 0 Å². The van der Waals surface area contributed by atoms with Crippen molar-refractivity contribution in [2.75, 3.05) is 18.0 Å². The maximum absolute atomic E-state index is 5.87. The molecule has 0 bridgehead atoms. The fourth-order valence-electron chi connectivity index (χ4n) is 4.58. The third kappa shape index (κ3) is 3.33. The van der Waals surface area contributed by atoms with Crippen molar-refractivity contribution in [2.45, 2.75) is 32.6 Å². The number of aromatic nitrogens is 5. The number of hydrogen-bond donors (Lipinski definition) is 0. The van der Waals surface area contributed by atoms with Gasteiger partial charge in [-0.05, 0) is 43.2 Å². The molecule has 8 nitrogen and oxygen atoms in total. The first-order chi connectivity index (χ1) is 15.6. The first kappa shape index (κ1) is 19.1. The zero-order chi connectivity index (χ0) is 21.7. The molecule has 0 aliphatic carbocycles. The molecule has 1 saturated heterocycles. The second kappa shape index (κ2) is 7.49. The molecule has 8 heteroatoms. The molecule has 3 aromatic heterocycles. The number of anilines is 1. The highest BCUT2D eigenvalue weighted by Gasteiger charge is 2.25. The SMILES string of the molecule is C[C@@H]1CN(c2cc(C3=NCc4ccc(-c5ccc6ncnn6c5)cc43)ncn2)C[C@H](C)O1. The fourth-order valence-corrected chi connectivity index (χ4v) is 4.58. The Morgan fingerprint density at radius 2 is 1.75 bits per heavy atom. The Labute approximate surface area is 185 Å². The van der Waals surface area contributed by atoms with Crippen LogP contribution < -0.4 is 4.90 Å². The molecule has 0 amide bonds. The number of hydrogen-bond acceptors (Lipinski definition) is 7. The van der Waals surface area contributed by atoms with Crippen LogP contribution in [0.5, 0.6) is 0 Å². The lowest BCUT2D eigenvalue weighted by Gasteiger charge is -2.36. The molecule has 0 radical (unpaired) electrons. The van der Waals surface area contributed by atoms with Crippen LogP contribution in [0.4, 0.5) is 5.82 Å². The summed E-state index contributed by atoms with van der Waals surface area (Å²) in [5.41, 5.74) is 7.12. The number of rotatable bonds is 3. The second-order valence-electron chi connectivity index (χ2n) is 8.44. The molecule has 0 N–H and O–H groups in total. The first-order valence-electron chi connectivity index (χ1n) is 10.8. The number of aliphatic imine (C=N–C) groups is 1. The molecule has 4 aromatic rings. The third-order valence-corrected chi connectivity index (χ3v) is 6.02. The summed E-state index contributed by atoms with van der Waals surface area (Å²) in [5.74, 6) is 0.918. The van der Waals surface area contributed by atoms with Crippen LogP contribution in [-0.2, 0) is 11.3 Å². The summed E-state index contributed by atoms with van der Waals surface area (Å²) in [6.07, 6.45) is 5.55. The van der Waals surface area contributed by atoms with Crippen molar-refractivity contribution in [1.82, 2.24) is 24.6 Å². The molecule has 5 heterocycles. The van der Waals surface area contributed by atoms with Gasteiger partial charge in [0.05, 0.1) is 30.2 Å². The van der Waals surface area contributed by atoms with E-state index in [2.05, 4.69) is 63.1 Å². The molecule has 160 valence electrons. The summed E-state index contributed by atoms with van der Waals surface area (Å²) >= 11 is 0. The van der Waals surface area contributed by atoms with Crippen LogP contribution in [0.2, 0.25) is 0 Å². The van der Waals surface area contributed by atoms with Gasteiger partial charge in [0.25, 0.3) is 0 Å². The van der Waals surface area contributed by atoms with Gasteiger partial charge < -0.3 is 9.64 Å². The van der Waals surface area contributed by atoms with Gasteiger partial charge in [-0.3, -0.25) is 4.99 Å². The van der Waals surface area contributed by atoms with E-state index in [1.54, 1.807) is 17.2 Å². The van der Waals surface area contributed by atoms with Crippen LogP contribution in [0.1, 0.15) is 30.7 Å². The molecule has 1 fully saturated rings. The van der Waals surface area contributed by atoms with Crippen molar-refractivity contribution in [3.63, 3.8) is 0 Å². The fraction of sp³-hybridized carbons (Fsp3) is 0.292. The van der Waals surface area contributed by atoms with E-state index in [-0.39, 0.29) is 12.2 Å². The molecule has 0 spiro atoms. The van der Waals surface area contributed by atoms with Crippen molar-refractivity contribution in [3.05, 3.63) is 72.1 Å². The summed E-state index contributed by atoms with van der Waals surface area (Å²) < 4.78 is 7.66. The number of fused-ring (bicyclic) bond motifs is 2. The van der Waals surface area contributed by atoms with E-state index in [9.17, 15) is 0 Å². The summed E-state index contributed by atoms with van der Waals surface area (Å²) in [6, 6.07) is 12.6. The minimum Gasteiger partial charge on any atom is -0.372 e. The van der Waals surface area contributed by atoms with Gasteiger partial charge in [0.1, 0.15) is 18.5 Å². The highest BCUT2D eigenvalue weighted by atomic mass is 16.5. The van der Waals surface area contributed by atoms with Gasteiger partial charge in [-0.2, -0.15) is 5.10 Å². The maximum Gasteiger partial charge on any atom is 0.155 e. The van der Waals surface area contributed by atoms with Gasteiger partial charge in [0.15, 0.2) is 5.65 Å². The monoisotopic (exact) mass is 425 g/mol. The van der Waals surface area contributed by atoms with Crippen LogP contribution in [0, 0.1) is 0 Å². The van der Waals surface area contributed by atoms with Crippen LogP contribution in [-0.4, -0.2) is 55.6 Å². The Hall–Kier alpha value is -3.65. The normalized spacial score (nSPS) is 20.4. The second-order valence-corrected chi connectivity index (χ2v) is 8.44. The summed E-state index contributed by atoms with van der Waals surface area (Å²) in [7, 11) is 0. The predicted molar refractivity (Wildman–Crippen MR) is 122 cm³/mol. The Kier molecular flexibility index (Phi) is 4.46. The van der Waals surface area contributed by atoms with E-state index in [0.717, 1.165) is 52.7 Å². The summed E-state index contributed by atoms with van der Waals surface area (Å²) in [4.78, 5) is 20.4. The topological polar surface area (TPSA) is 80.8 Å². The number of ether oxygens (including phenoxy) is 1. The van der Waals surface area contributed by atoms with Gasteiger partial charge in [-0.1, -0.05) is 12.1 Å². The van der Waals surface area contributed by atoms with Crippen LogP contribution >= 0.6 is 0 Å². The van der Waals surface area contributed by atoms with E-state index in [1.807, 2.05) is 18.3 Å². The number of nitrogens with zero attached hydrogens (tertiary/aromatic N) is 7. The lowest BCUT2D eigenvalue weighted by molar-refractivity contribution is -0.00546. The van der Waals surface area contributed by atoms with Crippen molar-refractivity contribution in [3.8, 4) is 11.1 Å². The lowest BCUT2D eigenvalue weighted by atomic mass is 9.97. The highest BCUT2D eigenvalue weighted by Crippen LogP contribution is 2.29. The molecule has 2 atom stereocenters. The van der Waals surface area contributed by atoms with Crippen LogP contribution in [0.15, 0.2) is 60.2 Å². The minimum atomic E-state index is 0.173. The zero-order valence-corrected chi connectivity index (χ0v) is 18.0. The van der Waals surface area contributed by atoms with Gasteiger partial charge in [-0.25, -0.2) is 19.5 Å². The largest absolute Gasteiger partial charge is 0.372 e. The smallest absolute Gasteiger partial charge is 0.155 e. The lowest BCUT2D eigenvalue weighted by Crippen LogP contribution is -2.45. The molecular weight excluding hydrogens is 402 g/mol. The Morgan fingerprint density at radius 3 is 2.62 bits per heavy atom. The van der Waals surface area contributed by atoms with Crippen molar-refractivity contribution in [2.24, 2.45) is 4.99 Å². The Balaban J connectivity index is 1.34. The van der Waals surface area contributed by atoms with E-state index in [0.29, 0.717) is 6.54 Å². The molecule has 0 saturated carbocycles. The highest BCUT2D eigenvalue weighted by molar-refractivity contribution is 6.14. The third-order valence-electron chi connectivity index (χ3n) is 6.02. The van der Waals surface area contributed by atoms with E-state index in [1.165, 1.54) is 5.56 Å². The average Bonchev–Trinajstić information content (AvgIpc) is 3.44. The van der Waals surface area contributed by atoms with Crippen LogP contribution in [0.25, 0.3) is 16.8 Å². The number of benzene rings is 1. The molecule has 2 aliphatic rings. The van der Waals surface area contributed by atoms with E-state index >= 15 is 0 Å². The van der Waals surface area contributed by atoms with Crippen molar-refractivity contribution in [1.29, 1.82) is 0 Å². The van der Waals surface area contributed by atoms with Gasteiger partial charge in [0, 0.05) is 36.5 Å². The molecule has 2 aliphatic heterocycles. The minimum absolute atomic E-state index is 0.173. The zero-order valence-electron chi connectivity index (χ0n) is 18.0. The average molecular weight is 425 g/mol. The first-order valence-corrected chi connectivity index (χ1v) is 10.8. The van der Waals surface area contributed by atoms with Gasteiger partial charge in [0.2, 0.25) is 0 Å². The number of pyridine rings is 1. The quantitative estimate of drug-likeness (QED) is 0.502.